The van der Waals surface area contributed by atoms with Gasteiger partial charge >= 0.3 is 0 Å². The summed E-state index contributed by atoms with van der Waals surface area (Å²) in [6.07, 6.45) is 8.81. The highest BCUT2D eigenvalue weighted by molar-refractivity contribution is 5.92. The third-order valence-corrected chi connectivity index (χ3v) is 4.02. The molecule has 1 amide bonds. The van der Waals surface area contributed by atoms with Crippen molar-refractivity contribution in [2.24, 2.45) is 0 Å². The summed E-state index contributed by atoms with van der Waals surface area (Å²) >= 11 is 0. The minimum Gasteiger partial charge on any atom is -0.490 e. The first-order valence-electron chi connectivity index (χ1n) is 9.42. The number of ether oxygens (including phenoxy) is 2. The van der Waals surface area contributed by atoms with Gasteiger partial charge in [-0.15, -0.1) is 0 Å². The van der Waals surface area contributed by atoms with Gasteiger partial charge in [0.25, 0.3) is 0 Å². The van der Waals surface area contributed by atoms with E-state index in [9.17, 15) is 4.79 Å². The molecule has 1 N–H and O–H groups in total. The van der Waals surface area contributed by atoms with Crippen LogP contribution >= 0.6 is 0 Å². The number of carbonyl (C=O) groups is 1. The number of unbranched alkanes of at least 4 members (excludes halogenated alkanes) is 1. The molecule has 1 unspecified atom stereocenters. The molecule has 5 heteroatoms. The molecular weight excluding hydrogens is 340 g/mol. The molecule has 144 valence electrons. The average Bonchev–Trinajstić information content (AvgIpc) is 2.69. The Morgan fingerprint density at radius 2 is 1.93 bits per heavy atom. The third-order valence-electron chi connectivity index (χ3n) is 4.02. The van der Waals surface area contributed by atoms with E-state index in [-0.39, 0.29) is 11.9 Å². The Morgan fingerprint density at radius 1 is 1.15 bits per heavy atom. The summed E-state index contributed by atoms with van der Waals surface area (Å²) in [5.41, 5.74) is 1.90. The number of nitrogens with zero attached hydrogens (tertiary/aromatic N) is 1. The molecule has 1 aromatic carbocycles. The largest absolute Gasteiger partial charge is 0.490 e. The number of amides is 1. The zero-order chi connectivity index (χ0) is 19.5. The molecule has 27 heavy (non-hydrogen) atoms. The van der Waals surface area contributed by atoms with Crippen molar-refractivity contribution in [3.05, 3.63) is 59.9 Å². The number of aromatic nitrogens is 1. The predicted octanol–water partition coefficient (Wildman–Crippen LogP) is 4.55. The lowest BCUT2D eigenvalue weighted by Crippen LogP contribution is -2.24. The first kappa shape index (κ1) is 20.5. The average molecular weight is 368 g/mol. The standard InChI is InChI=1S/C22H28N2O3/c1-4-6-15-27-20-9-7-18(16-21(20)26-5-2)8-10-22(25)24-17(3)19-11-13-23-14-12-19/h7-14,16-17H,4-6,15H2,1-3H3,(H,24,25)/b10-8+. The SMILES string of the molecule is CCCCOc1ccc(/C=C/C(=O)NC(C)c2ccncc2)cc1OCC. The molecule has 1 heterocycles. The zero-order valence-corrected chi connectivity index (χ0v) is 16.3. The first-order valence-corrected chi connectivity index (χ1v) is 9.42. The van der Waals surface area contributed by atoms with Crippen LogP contribution in [0.3, 0.4) is 0 Å². The van der Waals surface area contributed by atoms with Crippen molar-refractivity contribution in [1.82, 2.24) is 10.3 Å². The molecule has 0 saturated carbocycles. The Balaban J connectivity index is 2.00. The second-order valence-corrected chi connectivity index (χ2v) is 6.19. The maximum absolute atomic E-state index is 12.2. The van der Waals surface area contributed by atoms with Crippen LogP contribution in [-0.4, -0.2) is 24.1 Å². The van der Waals surface area contributed by atoms with Crippen LogP contribution in [0.4, 0.5) is 0 Å². The van der Waals surface area contributed by atoms with Crippen LogP contribution in [0.1, 0.15) is 50.8 Å². The van der Waals surface area contributed by atoms with Gasteiger partial charge in [-0.2, -0.15) is 0 Å². The fourth-order valence-corrected chi connectivity index (χ4v) is 2.51. The van der Waals surface area contributed by atoms with Crippen LogP contribution in [0, 0.1) is 0 Å². The molecule has 0 spiro atoms. The minimum absolute atomic E-state index is 0.0847. The topological polar surface area (TPSA) is 60.5 Å². The molecule has 0 aliphatic heterocycles. The predicted molar refractivity (Wildman–Crippen MR) is 108 cm³/mol. The van der Waals surface area contributed by atoms with Gasteiger partial charge in [0.1, 0.15) is 0 Å². The maximum Gasteiger partial charge on any atom is 0.244 e. The summed E-state index contributed by atoms with van der Waals surface area (Å²) < 4.78 is 11.5. The van der Waals surface area contributed by atoms with Gasteiger partial charge in [-0.05, 0) is 61.7 Å². The summed E-state index contributed by atoms with van der Waals surface area (Å²) in [6, 6.07) is 9.39. The molecule has 0 fully saturated rings. The van der Waals surface area contributed by atoms with Crippen molar-refractivity contribution in [1.29, 1.82) is 0 Å². The summed E-state index contributed by atoms with van der Waals surface area (Å²) in [4.78, 5) is 16.2. The second-order valence-electron chi connectivity index (χ2n) is 6.19. The highest BCUT2D eigenvalue weighted by Crippen LogP contribution is 2.29. The molecule has 0 aliphatic carbocycles. The van der Waals surface area contributed by atoms with Gasteiger partial charge in [-0.1, -0.05) is 19.4 Å². The van der Waals surface area contributed by atoms with E-state index in [0.717, 1.165) is 29.7 Å². The van der Waals surface area contributed by atoms with E-state index in [2.05, 4.69) is 17.2 Å². The van der Waals surface area contributed by atoms with E-state index in [1.165, 1.54) is 6.08 Å². The Kier molecular flexibility index (Phi) is 8.36. The lowest BCUT2D eigenvalue weighted by atomic mass is 10.1. The normalized spacial score (nSPS) is 12.0. The van der Waals surface area contributed by atoms with Crippen molar-refractivity contribution < 1.29 is 14.3 Å². The fourth-order valence-electron chi connectivity index (χ4n) is 2.51. The quantitative estimate of drug-likeness (QED) is 0.494. The smallest absolute Gasteiger partial charge is 0.244 e. The van der Waals surface area contributed by atoms with Crippen LogP contribution in [0.25, 0.3) is 6.08 Å². The number of nitrogens with one attached hydrogen (secondary N) is 1. The van der Waals surface area contributed by atoms with Gasteiger partial charge in [0, 0.05) is 18.5 Å². The van der Waals surface area contributed by atoms with Gasteiger partial charge < -0.3 is 14.8 Å². The van der Waals surface area contributed by atoms with Gasteiger partial charge in [-0.3, -0.25) is 9.78 Å². The van der Waals surface area contributed by atoms with Crippen molar-refractivity contribution in [2.45, 2.75) is 39.7 Å². The number of hydrogen-bond acceptors (Lipinski definition) is 4. The van der Waals surface area contributed by atoms with Gasteiger partial charge in [0.05, 0.1) is 19.3 Å². The van der Waals surface area contributed by atoms with E-state index in [0.29, 0.717) is 19.0 Å². The lowest BCUT2D eigenvalue weighted by molar-refractivity contribution is -0.117. The Bertz CT molecular complexity index is 744. The molecule has 0 aliphatic rings. The van der Waals surface area contributed by atoms with E-state index in [1.807, 2.05) is 44.2 Å². The zero-order valence-electron chi connectivity index (χ0n) is 16.3. The van der Waals surface area contributed by atoms with Crippen LogP contribution in [0.2, 0.25) is 0 Å². The molecule has 0 radical (unpaired) electrons. The highest BCUT2D eigenvalue weighted by Gasteiger charge is 2.08. The molecule has 1 atom stereocenters. The van der Waals surface area contributed by atoms with Crippen LogP contribution in [0.15, 0.2) is 48.8 Å². The monoisotopic (exact) mass is 368 g/mol. The van der Waals surface area contributed by atoms with E-state index in [4.69, 9.17) is 9.47 Å². The minimum atomic E-state index is -0.152. The van der Waals surface area contributed by atoms with Crippen LogP contribution in [0.5, 0.6) is 11.5 Å². The Morgan fingerprint density at radius 3 is 2.63 bits per heavy atom. The molecule has 2 rings (SSSR count). The summed E-state index contributed by atoms with van der Waals surface area (Å²) in [5, 5.41) is 2.94. The van der Waals surface area contributed by atoms with Crippen molar-refractivity contribution in [3.63, 3.8) is 0 Å². The number of rotatable bonds is 10. The van der Waals surface area contributed by atoms with Crippen molar-refractivity contribution in [2.75, 3.05) is 13.2 Å². The summed E-state index contributed by atoms with van der Waals surface area (Å²) in [6.45, 7) is 7.23. The molecule has 1 aromatic heterocycles. The second kappa shape index (κ2) is 11.0. The maximum atomic E-state index is 12.2. The van der Waals surface area contributed by atoms with E-state index >= 15 is 0 Å². The number of hydrogen-bond donors (Lipinski definition) is 1. The van der Waals surface area contributed by atoms with Gasteiger partial charge in [0.2, 0.25) is 5.91 Å². The molecular formula is C22H28N2O3. The number of benzene rings is 1. The first-order chi connectivity index (χ1) is 13.1. The highest BCUT2D eigenvalue weighted by atomic mass is 16.5. The Hall–Kier alpha value is -2.82. The van der Waals surface area contributed by atoms with Gasteiger partial charge in [0.15, 0.2) is 11.5 Å². The summed E-state index contributed by atoms with van der Waals surface area (Å²) in [7, 11) is 0. The van der Waals surface area contributed by atoms with Crippen molar-refractivity contribution in [3.8, 4) is 11.5 Å². The van der Waals surface area contributed by atoms with Crippen LogP contribution < -0.4 is 14.8 Å². The molecule has 2 aromatic rings. The number of pyridine rings is 1. The van der Waals surface area contributed by atoms with Crippen LogP contribution in [-0.2, 0) is 4.79 Å². The molecule has 0 saturated heterocycles. The fraction of sp³-hybridized carbons (Fsp3) is 0.364. The molecule has 5 nitrogen and oxygen atoms in total. The third kappa shape index (κ3) is 6.77. The molecule has 0 bridgehead atoms. The lowest BCUT2D eigenvalue weighted by Gasteiger charge is -2.13. The Labute approximate surface area is 161 Å². The number of carbonyl (C=O) groups excluding carboxylic acids is 1. The van der Waals surface area contributed by atoms with Gasteiger partial charge in [-0.25, -0.2) is 0 Å². The van der Waals surface area contributed by atoms with E-state index in [1.54, 1.807) is 18.5 Å². The summed E-state index contributed by atoms with van der Waals surface area (Å²) in [5.74, 6) is 1.28. The van der Waals surface area contributed by atoms with Crippen molar-refractivity contribution >= 4 is 12.0 Å². The van der Waals surface area contributed by atoms with E-state index < -0.39 is 0 Å².